The van der Waals surface area contributed by atoms with Gasteiger partial charge in [-0.05, 0) is 16.0 Å². The van der Waals surface area contributed by atoms with Crippen LogP contribution < -0.4 is 18.9 Å². The number of rotatable bonds is 4. The Morgan fingerprint density at radius 1 is 1.35 bits per heavy atom. The summed E-state index contributed by atoms with van der Waals surface area (Å²) < 4.78 is 4.95. The summed E-state index contributed by atoms with van der Waals surface area (Å²) in [5.74, 6) is 0. The first-order chi connectivity index (χ1) is 6.66. The molecule has 0 aromatic rings. The van der Waals surface area contributed by atoms with Crippen molar-refractivity contribution in [2.24, 2.45) is 0 Å². The zero-order valence-corrected chi connectivity index (χ0v) is 13.7. The van der Waals surface area contributed by atoms with E-state index in [2.05, 4.69) is 47.4 Å². The molecule has 17 heavy (non-hydrogen) atoms. The van der Waals surface area contributed by atoms with Crippen molar-refractivity contribution in [3.05, 3.63) is 19.6 Å². The number of hydrogen-bond acceptors (Lipinski definition) is 1. The Morgan fingerprint density at radius 2 is 1.71 bits per heavy atom. The van der Waals surface area contributed by atoms with Gasteiger partial charge in [0.25, 0.3) is 0 Å². The van der Waals surface area contributed by atoms with Crippen molar-refractivity contribution in [1.29, 1.82) is 0 Å². The molecule has 0 aromatic heterocycles. The first-order valence-corrected chi connectivity index (χ1v) is 9.34. The van der Waals surface area contributed by atoms with E-state index >= 15 is 0 Å². The molecule has 0 aliphatic carbocycles. The summed E-state index contributed by atoms with van der Waals surface area (Å²) >= 11 is 6.15. The molecule has 0 saturated heterocycles. The predicted molar refractivity (Wildman–Crippen MR) is 85.4 cm³/mol. The molecule has 100 valence electrons. The molecule has 0 bridgehead atoms. The topological polar surface area (TPSA) is 9.23 Å². The average molecular weight is 289 g/mol. The molecule has 0 aliphatic rings. The molecule has 0 fully saturated rings. The summed E-state index contributed by atoms with van der Waals surface area (Å²) in [6.07, 6.45) is 2.57. The molecular weight excluding hydrogens is 259 g/mol. The van der Waals surface area contributed by atoms with E-state index in [0.717, 1.165) is 13.0 Å². The second-order valence-corrected chi connectivity index (χ2v) is 12.2. The van der Waals surface area contributed by atoms with Gasteiger partial charge in [0.15, 0.2) is 7.38 Å². The third kappa shape index (κ3) is 19.5. The second-order valence-electron chi connectivity index (χ2n) is 4.94. The maximum Gasteiger partial charge on any atom is 1.00 e. The first kappa shape index (κ1) is 26.6. The van der Waals surface area contributed by atoms with Crippen LogP contribution in [-0.2, 0) is 4.74 Å². The molecule has 0 spiro atoms. The summed E-state index contributed by atoms with van der Waals surface area (Å²) in [5.41, 5.74) is 0. The molecule has 1 nitrogen and oxygen atoms in total. The minimum Gasteiger partial charge on any atom is -0.380 e. The molecule has 0 radical (unpaired) electrons. The van der Waals surface area contributed by atoms with Crippen LogP contribution in [0.25, 0.3) is 0 Å². The third-order valence-corrected chi connectivity index (χ3v) is 7.58. The molecule has 0 atom stereocenters. The van der Waals surface area contributed by atoms with Crippen LogP contribution in [-0.4, -0.2) is 31.6 Å². The third-order valence-electron chi connectivity index (χ3n) is 2.31. The zero-order chi connectivity index (χ0) is 12.5. The Labute approximate surface area is 131 Å². The van der Waals surface area contributed by atoms with Crippen molar-refractivity contribution < 1.29 is 23.6 Å². The maximum absolute atomic E-state index is 6.15. The van der Waals surface area contributed by atoms with Gasteiger partial charge in [-0.3, -0.25) is 0 Å². The fourth-order valence-electron chi connectivity index (χ4n) is 0.269. The Balaban J connectivity index is -0.0000000896. The van der Waals surface area contributed by atoms with Crippen molar-refractivity contribution in [1.82, 2.24) is 0 Å². The van der Waals surface area contributed by atoms with Crippen molar-refractivity contribution in [2.75, 3.05) is 13.2 Å². The minimum atomic E-state index is -1.39. The molecule has 0 heterocycles. The van der Waals surface area contributed by atoms with Gasteiger partial charge in [0.2, 0.25) is 0 Å². The van der Waals surface area contributed by atoms with E-state index in [4.69, 9.17) is 15.8 Å². The maximum atomic E-state index is 6.15. The Bertz CT molecular complexity index is 153. The van der Waals surface area contributed by atoms with Crippen LogP contribution in [0.1, 0.15) is 27.2 Å². The summed E-state index contributed by atoms with van der Waals surface area (Å²) in [7, 11) is -1.39. The first-order valence-electron chi connectivity index (χ1n) is 5.33. The van der Waals surface area contributed by atoms with E-state index in [1.54, 1.807) is 6.08 Å². The van der Waals surface area contributed by atoms with Gasteiger partial charge in [-0.15, -0.1) is 6.58 Å². The quantitative estimate of drug-likeness (QED) is 0.236. The molecule has 0 aliphatic heterocycles. The Hall–Kier alpha value is 1.02. The summed E-state index contributed by atoms with van der Waals surface area (Å²) in [4.78, 5) is 0. The van der Waals surface area contributed by atoms with Crippen LogP contribution >= 0.6 is 11.1 Å². The van der Waals surface area contributed by atoms with Crippen LogP contribution in [0.4, 0.5) is 0 Å². The standard InChI is InChI=1S/C6H15ClSi.C6H11O.Li.H4Si/c1-6(2,3)8(4,5)7;1-3-5-7-6-4-2;;/h1-5H3;3H,1-2,4-6H2;;1H4/q;-1;+1;. The van der Waals surface area contributed by atoms with E-state index in [9.17, 15) is 0 Å². The zero-order valence-electron chi connectivity index (χ0n) is 11.9. The summed E-state index contributed by atoms with van der Waals surface area (Å²) in [6, 6.07) is 0. The van der Waals surface area contributed by atoms with E-state index in [1.165, 1.54) is 0 Å². The Kier molecular flexibility index (Phi) is 21.0. The van der Waals surface area contributed by atoms with Crippen molar-refractivity contribution >= 4 is 29.4 Å². The van der Waals surface area contributed by atoms with Crippen LogP contribution in [0.15, 0.2) is 12.7 Å². The van der Waals surface area contributed by atoms with Crippen molar-refractivity contribution in [2.45, 2.75) is 45.3 Å². The number of ether oxygens (including phenoxy) is 1. The molecule has 0 unspecified atom stereocenters. The molecule has 5 heteroatoms. The van der Waals surface area contributed by atoms with E-state index < -0.39 is 7.38 Å². The van der Waals surface area contributed by atoms with Gasteiger partial charge in [0, 0.05) is 6.61 Å². The van der Waals surface area contributed by atoms with Gasteiger partial charge < -0.3 is 11.7 Å². The van der Waals surface area contributed by atoms with Crippen molar-refractivity contribution in [3.63, 3.8) is 0 Å². The predicted octanol–water partition coefficient (Wildman–Crippen LogP) is 0.196. The van der Waals surface area contributed by atoms with E-state index in [0.29, 0.717) is 11.6 Å². The molecule has 0 amide bonds. The number of halogens is 1. The van der Waals surface area contributed by atoms with Crippen LogP contribution in [0.3, 0.4) is 0 Å². The van der Waals surface area contributed by atoms with Gasteiger partial charge in [-0.25, -0.2) is 0 Å². The average Bonchev–Trinajstić information content (AvgIpc) is 2.03. The largest absolute Gasteiger partial charge is 1.00 e. The SMILES string of the molecule is C=CCOCC[CH2-].CC(C)(C)[Si](C)(C)Cl.[Li+].[SiH4]. The molecule has 0 saturated carbocycles. The van der Waals surface area contributed by atoms with E-state index in [1.807, 2.05) is 0 Å². The van der Waals surface area contributed by atoms with Gasteiger partial charge in [-0.2, -0.15) is 17.5 Å². The van der Waals surface area contributed by atoms with E-state index in [-0.39, 0.29) is 29.8 Å². The fourth-order valence-corrected chi connectivity index (χ4v) is 0.269. The summed E-state index contributed by atoms with van der Waals surface area (Å²) in [5, 5.41) is 0.342. The van der Waals surface area contributed by atoms with Crippen molar-refractivity contribution in [3.8, 4) is 0 Å². The van der Waals surface area contributed by atoms with Crippen LogP contribution in [0, 0.1) is 6.92 Å². The molecule has 0 aromatic carbocycles. The minimum absolute atomic E-state index is 0. The monoisotopic (exact) mass is 288 g/mol. The van der Waals surface area contributed by atoms with Crippen LogP contribution in [0.2, 0.25) is 18.1 Å². The molecule has 0 rings (SSSR count). The van der Waals surface area contributed by atoms with Gasteiger partial charge in [0.05, 0.1) is 6.61 Å². The van der Waals surface area contributed by atoms with Gasteiger partial charge in [-0.1, -0.05) is 39.9 Å². The second kappa shape index (κ2) is 13.5. The van der Waals surface area contributed by atoms with Crippen LogP contribution in [0.5, 0.6) is 0 Å². The summed E-state index contributed by atoms with van der Waals surface area (Å²) in [6.45, 7) is 19.4. The molecule has 0 N–H and O–H groups in total. The fraction of sp³-hybridized carbons (Fsp3) is 0.750. The smallest absolute Gasteiger partial charge is 0.380 e. The molecular formula is C12H30ClLiOSi2. The Morgan fingerprint density at radius 3 is 1.88 bits per heavy atom. The van der Waals surface area contributed by atoms with Gasteiger partial charge in [0.1, 0.15) is 0 Å². The number of hydrogen-bond donors (Lipinski definition) is 0. The normalized spacial score (nSPS) is 10.3. The van der Waals surface area contributed by atoms with Gasteiger partial charge >= 0.3 is 18.9 Å².